The minimum atomic E-state index is 0. The summed E-state index contributed by atoms with van der Waals surface area (Å²) in [6.45, 7) is 3.74. The second-order valence-electron chi connectivity index (χ2n) is 5.44. The van der Waals surface area contributed by atoms with Gasteiger partial charge >= 0.3 is 0 Å². The Hall–Kier alpha value is -0.780. The molecule has 1 heterocycles. The van der Waals surface area contributed by atoms with Crippen LogP contribution < -0.4 is 11.1 Å². The molecule has 0 aliphatic heterocycles. The van der Waals surface area contributed by atoms with Crippen LogP contribution in [0.25, 0.3) is 0 Å². The lowest BCUT2D eigenvalue weighted by Gasteiger charge is -2.11. The zero-order chi connectivity index (χ0) is 13.7. The number of unbranched alkanes of at least 4 members (excludes halogenated alkanes) is 1. The van der Waals surface area contributed by atoms with Gasteiger partial charge in [0.05, 0.1) is 0 Å². The molecule has 1 aromatic rings. The molecule has 122 valence electrons. The van der Waals surface area contributed by atoms with Gasteiger partial charge in [0.25, 0.3) is 0 Å². The summed E-state index contributed by atoms with van der Waals surface area (Å²) in [5, 5.41) is 3.02. The molecular weight excluding hydrogens is 311 g/mol. The fraction of sp³-hybridized carbons (Fsp3) is 0.714. The van der Waals surface area contributed by atoms with Crippen LogP contribution >= 0.6 is 24.8 Å². The Morgan fingerprint density at radius 3 is 2.76 bits per heavy atom. The Labute approximate surface area is 138 Å². The first kappa shape index (κ1) is 20.2. The van der Waals surface area contributed by atoms with Gasteiger partial charge in [-0.3, -0.25) is 4.79 Å². The molecular formula is C14H26Cl2N4O. The predicted molar refractivity (Wildman–Crippen MR) is 89.0 cm³/mol. The highest BCUT2D eigenvalue weighted by Crippen LogP contribution is 2.23. The van der Waals surface area contributed by atoms with E-state index in [1.165, 1.54) is 0 Å². The molecule has 0 radical (unpaired) electrons. The van der Waals surface area contributed by atoms with Crippen molar-refractivity contribution in [3.8, 4) is 0 Å². The molecule has 7 heteroatoms. The minimum Gasteiger partial charge on any atom is -0.356 e. The van der Waals surface area contributed by atoms with Crippen LogP contribution in [0, 0.1) is 12.8 Å². The molecule has 0 bridgehead atoms. The van der Waals surface area contributed by atoms with E-state index in [2.05, 4.69) is 14.9 Å². The molecule has 3 N–H and O–H groups in total. The van der Waals surface area contributed by atoms with E-state index in [9.17, 15) is 4.79 Å². The monoisotopic (exact) mass is 336 g/mol. The fourth-order valence-corrected chi connectivity index (χ4v) is 2.66. The number of nitrogens with two attached hydrogens (primary N) is 1. The Kier molecular flexibility index (Phi) is 9.66. The highest BCUT2D eigenvalue weighted by atomic mass is 35.5. The maximum Gasteiger partial charge on any atom is 0.223 e. The van der Waals surface area contributed by atoms with Crippen molar-refractivity contribution in [2.45, 2.75) is 51.6 Å². The molecule has 2 unspecified atom stereocenters. The predicted octanol–water partition coefficient (Wildman–Crippen LogP) is 2.06. The number of rotatable bonds is 6. The smallest absolute Gasteiger partial charge is 0.223 e. The number of aryl methyl sites for hydroxylation is 2. The summed E-state index contributed by atoms with van der Waals surface area (Å²) in [6.07, 6.45) is 8.65. The number of halogens is 2. The van der Waals surface area contributed by atoms with Gasteiger partial charge in [0.15, 0.2) is 0 Å². The normalized spacial score (nSPS) is 20.5. The lowest BCUT2D eigenvalue weighted by atomic mass is 10.1. The van der Waals surface area contributed by atoms with Crippen molar-refractivity contribution < 1.29 is 4.79 Å². The number of nitrogens with zero attached hydrogens (tertiary/aromatic N) is 2. The van der Waals surface area contributed by atoms with Gasteiger partial charge in [-0.15, -0.1) is 24.8 Å². The summed E-state index contributed by atoms with van der Waals surface area (Å²) in [5.41, 5.74) is 5.82. The number of carbonyl (C=O) groups is 1. The second-order valence-corrected chi connectivity index (χ2v) is 5.44. The Balaban J connectivity index is 0.00000200. The van der Waals surface area contributed by atoms with Gasteiger partial charge in [-0.2, -0.15) is 0 Å². The third-order valence-electron chi connectivity index (χ3n) is 3.89. The van der Waals surface area contributed by atoms with E-state index < -0.39 is 0 Å². The zero-order valence-electron chi connectivity index (χ0n) is 12.5. The number of carbonyl (C=O) groups excluding carboxylic acids is 1. The van der Waals surface area contributed by atoms with E-state index >= 15 is 0 Å². The summed E-state index contributed by atoms with van der Waals surface area (Å²) < 4.78 is 2.14. The van der Waals surface area contributed by atoms with E-state index in [0.717, 1.165) is 51.0 Å². The molecule has 5 nitrogen and oxygen atoms in total. The SMILES string of the molecule is Cc1nccn1CCCCNC(=O)C1CCC(N)C1.Cl.Cl. The van der Waals surface area contributed by atoms with Gasteiger partial charge in [0.2, 0.25) is 5.91 Å². The van der Waals surface area contributed by atoms with Crippen molar-refractivity contribution in [3.63, 3.8) is 0 Å². The molecule has 1 amide bonds. The summed E-state index contributed by atoms with van der Waals surface area (Å²) >= 11 is 0. The van der Waals surface area contributed by atoms with Crippen LogP contribution in [0.3, 0.4) is 0 Å². The fourth-order valence-electron chi connectivity index (χ4n) is 2.66. The lowest BCUT2D eigenvalue weighted by molar-refractivity contribution is -0.124. The van der Waals surface area contributed by atoms with Crippen molar-refractivity contribution in [1.82, 2.24) is 14.9 Å². The van der Waals surface area contributed by atoms with E-state index in [4.69, 9.17) is 5.73 Å². The number of hydrogen-bond acceptors (Lipinski definition) is 3. The molecule has 0 aromatic carbocycles. The quantitative estimate of drug-likeness (QED) is 0.781. The van der Waals surface area contributed by atoms with E-state index in [0.29, 0.717) is 0 Å². The molecule has 21 heavy (non-hydrogen) atoms. The molecule has 2 atom stereocenters. The maximum absolute atomic E-state index is 11.9. The van der Waals surface area contributed by atoms with Crippen LogP contribution in [0.4, 0.5) is 0 Å². The number of amides is 1. The standard InChI is InChI=1S/C14H24N4O.2ClH/c1-11-16-7-9-18(11)8-3-2-6-17-14(19)12-4-5-13(15)10-12;;/h7,9,12-13H,2-6,8,10,15H2,1H3,(H,17,19);2*1H. The number of hydrogen-bond donors (Lipinski definition) is 2. The van der Waals surface area contributed by atoms with E-state index in [-0.39, 0.29) is 42.7 Å². The average molecular weight is 337 g/mol. The first-order chi connectivity index (χ1) is 9.16. The molecule has 1 aromatic heterocycles. The third kappa shape index (κ3) is 6.24. The van der Waals surface area contributed by atoms with Gasteiger partial charge < -0.3 is 15.6 Å². The minimum absolute atomic E-state index is 0. The van der Waals surface area contributed by atoms with Crippen molar-refractivity contribution >= 4 is 30.7 Å². The summed E-state index contributed by atoms with van der Waals surface area (Å²) in [4.78, 5) is 16.0. The van der Waals surface area contributed by atoms with Crippen molar-refractivity contribution in [3.05, 3.63) is 18.2 Å². The van der Waals surface area contributed by atoms with Gasteiger partial charge in [-0.1, -0.05) is 0 Å². The van der Waals surface area contributed by atoms with Gasteiger partial charge in [0.1, 0.15) is 5.82 Å². The van der Waals surface area contributed by atoms with E-state index in [1.54, 1.807) is 0 Å². The van der Waals surface area contributed by atoms with Gasteiger partial charge in [-0.05, 0) is 39.0 Å². The average Bonchev–Trinajstić information content (AvgIpc) is 2.98. The van der Waals surface area contributed by atoms with Crippen LogP contribution in [-0.4, -0.2) is 28.0 Å². The largest absolute Gasteiger partial charge is 0.356 e. The van der Waals surface area contributed by atoms with Crippen LogP contribution in [-0.2, 0) is 11.3 Å². The summed E-state index contributed by atoms with van der Waals surface area (Å²) in [7, 11) is 0. The number of imidazole rings is 1. The Morgan fingerprint density at radius 2 is 2.19 bits per heavy atom. The molecule has 1 fully saturated rings. The van der Waals surface area contributed by atoms with Crippen LogP contribution in [0.2, 0.25) is 0 Å². The highest BCUT2D eigenvalue weighted by Gasteiger charge is 2.27. The zero-order valence-corrected chi connectivity index (χ0v) is 14.1. The first-order valence-corrected chi connectivity index (χ1v) is 7.18. The second kappa shape index (κ2) is 10.0. The maximum atomic E-state index is 11.9. The van der Waals surface area contributed by atoms with Crippen LogP contribution in [0.15, 0.2) is 12.4 Å². The first-order valence-electron chi connectivity index (χ1n) is 7.18. The van der Waals surface area contributed by atoms with E-state index in [1.807, 2.05) is 19.3 Å². The van der Waals surface area contributed by atoms with Crippen molar-refractivity contribution in [2.24, 2.45) is 11.7 Å². The van der Waals surface area contributed by atoms with Crippen LogP contribution in [0.1, 0.15) is 37.9 Å². The van der Waals surface area contributed by atoms with Gasteiger partial charge in [-0.25, -0.2) is 4.98 Å². The summed E-state index contributed by atoms with van der Waals surface area (Å²) in [5.74, 6) is 1.38. The number of nitrogens with one attached hydrogen (secondary N) is 1. The van der Waals surface area contributed by atoms with Crippen molar-refractivity contribution in [2.75, 3.05) is 6.54 Å². The lowest BCUT2D eigenvalue weighted by Crippen LogP contribution is -2.31. The molecule has 0 saturated heterocycles. The summed E-state index contributed by atoms with van der Waals surface area (Å²) in [6, 6.07) is 0.222. The molecule has 2 rings (SSSR count). The topological polar surface area (TPSA) is 72.9 Å². The Morgan fingerprint density at radius 1 is 1.43 bits per heavy atom. The molecule has 1 aliphatic carbocycles. The Bertz CT molecular complexity index is 425. The molecule has 1 aliphatic rings. The van der Waals surface area contributed by atoms with Crippen molar-refractivity contribution in [1.29, 1.82) is 0 Å². The van der Waals surface area contributed by atoms with Gasteiger partial charge in [0, 0.05) is 37.4 Å². The molecule has 1 saturated carbocycles. The third-order valence-corrected chi connectivity index (χ3v) is 3.89. The highest BCUT2D eigenvalue weighted by molar-refractivity contribution is 5.85. The van der Waals surface area contributed by atoms with Crippen LogP contribution in [0.5, 0.6) is 0 Å². The molecule has 0 spiro atoms. The number of aromatic nitrogens is 2.